The number of aldehydes is 1. The lowest BCUT2D eigenvalue weighted by atomic mass is 9.94. The monoisotopic (exact) mass is 498 g/mol. The van der Waals surface area contributed by atoms with Gasteiger partial charge in [0.05, 0.1) is 18.7 Å². The first-order valence-electron chi connectivity index (χ1n) is 12.9. The maximum atomic E-state index is 12.5. The molecular weight excluding hydrogens is 464 g/mol. The van der Waals surface area contributed by atoms with Crippen LogP contribution in [0.4, 0.5) is 5.69 Å². The van der Waals surface area contributed by atoms with E-state index in [1.807, 2.05) is 43.3 Å². The molecule has 192 valence electrons. The average molecular weight is 499 g/mol. The highest BCUT2D eigenvalue weighted by atomic mass is 16.5. The molecule has 0 saturated carbocycles. The maximum Gasteiger partial charge on any atom is 0.328 e. The fraction of sp³-hybridized carbons (Fsp3) is 0.290. The molecule has 1 heterocycles. The molecule has 0 aromatic heterocycles. The van der Waals surface area contributed by atoms with Crippen molar-refractivity contribution >= 4 is 24.0 Å². The van der Waals surface area contributed by atoms with Crippen molar-refractivity contribution in [2.75, 3.05) is 24.6 Å². The van der Waals surface area contributed by atoms with E-state index in [0.29, 0.717) is 17.9 Å². The third-order valence-corrected chi connectivity index (χ3v) is 6.66. The summed E-state index contributed by atoms with van der Waals surface area (Å²) in [4.78, 5) is 25.9. The lowest BCUT2D eigenvalue weighted by molar-refractivity contribution is -0.131. The number of nitrogens with one attached hydrogen (secondary N) is 1. The zero-order valence-corrected chi connectivity index (χ0v) is 21.2. The van der Waals surface area contributed by atoms with Crippen LogP contribution >= 0.6 is 0 Å². The zero-order valence-electron chi connectivity index (χ0n) is 21.2. The van der Waals surface area contributed by atoms with Gasteiger partial charge in [-0.3, -0.25) is 5.32 Å². The molecule has 0 bridgehead atoms. The van der Waals surface area contributed by atoms with E-state index in [1.165, 1.54) is 31.0 Å². The predicted molar refractivity (Wildman–Crippen MR) is 147 cm³/mol. The predicted octanol–water partition coefficient (Wildman–Crippen LogP) is 5.79. The number of para-hydroxylation sites is 1. The van der Waals surface area contributed by atoms with E-state index in [2.05, 4.69) is 40.5 Å². The number of anilines is 1. The number of carboxylic acids is 1. The Bertz CT molecular complexity index is 1220. The van der Waals surface area contributed by atoms with Gasteiger partial charge in [0, 0.05) is 30.4 Å². The van der Waals surface area contributed by atoms with Gasteiger partial charge in [0.25, 0.3) is 0 Å². The SMILES string of the molecule is CCOc1cc(C(C=O)NC(c2ccccc2)c2ccccc2N2CCCCC2)ccc1/C=C/C(=O)O. The minimum Gasteiger partial charge on any atom is -0.493 e. The topological polar surface area (TPSA) is 78.9 Å². The van der Waals surface area contributed by atoms with Crippen molar-refractivity contribution < 1.29 is 19.4 Å². The third-order valence-electron chi connectivity index (χ3n) is 6.66. The Morgan fingerprint density at radius 3 is 2.43 bits per heavy atom. The Labute approximate surface area is 218 Å². The van der Waals surface area contributed by atoms with E-state index >= 15 is 0 Å². The molecular formula is C31H34N2O4. The minimum absolute atomic E-state index is 0.211. The summed E-state index contributed by atoms with van der Waals surface area (Å²) in [5.41, 5.74) is 4.80. The third kappa shape index (κ3) is 6.66. The number of carbonyl (C=O) groups excluding carboxylic acids is 1. The molecule has 1 saturated heterocycles. The summed E-state index contributed by atoms with van der Waals surface area (Å²) in [6.07, 6.45) is 7.11. The molecule has 6 nitrogen and oxygen atoms in total. The lowest BCUT2D eigenvalue weighted by Gasteiger charge is -2.33. The molecule has 0 aliphatic carbocycles. The fourth-order valence-electron chi connectivity index (χ4n) is 4.88. The second kappa shape index (κ2) is 12.9. The van der Waals surface area contributed by atoms with Crippen LogP contribution in [0.3, 0.4) is 0 Å². The molecule has 2 N–H and O–H groups in total. The molecule has 37 heavy (non-hydrogen) atoms. The van der Waals surface area contributed by atoms with Crippen LogP contribution in [0.2, 0.25) is 0 Å². The number of carbonyl (C=O) groups is 2. The van der Waals surface area contributed by atoms with Gasteiger partial charge in [0.1, 0.15) is 12.0 Å². The van der Waals surface area contributed by atoms with Crippen LogP contribution in [-0.2, 0) is 9.59 Å². The van der Waals surface area contributed by atoms with Crippen LogP contribution in [0.25, 0.3) is 6.08 Å². The summed E-state index contributed by atoms with van der Waals surface area (Å²) in [7, 11) is 0. The van der Waals surface area contributed by atoms with Crippen molar-refractivity contribution in [2.24, 2.45) is 0 Å². The molecule has 0 amide bonds. The van der Waals surface area contributed by atoms with Crippen molar-refractivity contribution in [1.29, 1.82) is 0 Å². The average Bonchev–Trinajstić information content (AvgIpc) is 2.94. The van der Waals surface area contributed by atoms with Crippen molar-refractivity contribution in [3.63, 3.8) is 0 Å². The van der Waals surface area contributed by atoms with Gasteiger partial charge in [0.2, 0.25) is 0 Å². The summed E-state index contributed by atoms with van der Waals surface area (Å²) in [5, 5.41) is 12.6. The Kier molecular flexibility index (Phi) is 9.11. The summed E-state index contributed by atoms with van der Waals surface area (Å²) in [5.74, 6) is -0.492. The number of rotatable bonds is 11. The van der Waals surface area contributed by atoms with Crippen LogP contribution in [0, 0.1) is 0 Å². The van der Waals surface area contributed by atoms with Crippen molar-refractivity contribution in [2.45, 2.75) is 38.3 Å². The molecule has 6 heteroatoms. The first kappa shape index (κ1) is 26.2. The fourth-order valence-corrected chi connectivity index (χ4v) is 4.88. The second-order valence-corrected chi connectivity index (χ2v) is 9.13. The van der Waals surface area contributed by atoms with Crippen LogP contribution in [0.1, 0.15) is 60.5 Å². The summed E-state index contributed by atoms with van der Waals surface area (Å²) in [6.45, 7) is 4.35. The lowest BCUT2D eigenvalue weighted by Crippen LogP contribution is -2.33. The summed E-state index contributed by atoms with van der Waals surface area (Å²) >= 11 is 0. The van der Waals surface area contributed by atoms with Crippen molar-refractivity contribution in [3.05, 3.63) is 101 Å². The van der Waals surface area contributed by atoms with E-state index in [9.17, 15) is 9.59 Å². The first-order chi connectivity index (χ1) is 18.1. The van der Waals surface area contributed by atoms with Gasteiger partial charge >= 0.3 is 5.97 Å². The van der Waals surface area contributed by atoms with E-state index < -0.39 is 12.0 Å². The largest absolute Gasteiger partial charge is 0.493 e. The number of hydrogen-bond acceptors (Lipinski definition) is 5. The van der Waals surface area contributed by atoms with E-state index in [4.69, 9.17) is 9.84 Å². The second-order valence-electron chi connectivity index (χ2n) is 9.13. The van der Waals surface area contributed by atoms with E-state index in [-0.39, 0.29) is 6.04 Å². The maximum absolute atomic E-state index is 12.5. The van der Waals surface area contributed by atoms with Gasteiger partial charge in [-0.05, 0) is 61.1 Å². The number of nitrogens with zero attached hydrogens (tertiary/aromatic N) is 1. The highest BCUT2D eigenvalue weighted by molar-refractivity contribution is 5.86. The first-order valence-corrected chi connectivity index (χ1v) is 12.9. The molecule has 1 aliphatic heterocycles. The van der Waals surface area contributed by atoms with Crippen LogP contribution < -0.4 is 15.0 Å². The smallest absolute Gasteiger partial charge is 0.328 e. The number of carboxylic acid groups (broad SMARTS) is 1. The molecule has 2 unspecified atom stereocenters. The van der Waals surface area contributed by atoms with E-state index in [1.54, 1.807) is 6.07 Å². The van der Waals surface area contributed by atoms with Gasteiger partial charge < -0.3 is 19.5 Å². The minimum atomic E-state index is -1.03. The van der Waals surface area contributed by atoms with Gasteiger partial charge in [-0.25, -0.2) is 4.79 Å². The molecule has 3 aromatic carbocycles. The van der Waals surface area contributed by atoms with Gasteiger partial charge in [-0.15, -0.1) is 0 Å². The Morgan fingerprint density at radius 1 is 1.00 bits per heavy atom. The molecule has 2 atom stereocenters. The Balaban J connectivity index is 1.71. The number of benzene rings is 3. The standard InChI is InChI=1S/C31H34N2O4/c1-2-37-29-21-25(16-15-23(29)17-18-30(35)36)27(22-34)32-31(24-11-5-3-6-12-24)26-13-7-8-14-28(26)33-19-9-4-10-20-33/h3,5-8,11-18,21-22,27,31-32H,2,4,9-10,19-20H2,1H3,(H,35,36)/b18-17+. The molecule has 1 aliphatic rings. The van der Waals surface area contributed by atoms with Crippen LogP contribution in [-0.4, -0.2) is 37.1 Å². The van der Waals surface area contributed by atoms with Gasteiger partial charge in [-0.1, -0.05) is 60.7 Å². The van der Waals surface area contributed by atoms with Crippen LogP contribution in [0.15, 0.2) is 78.9 Å². The zero-order chi connectivity index (χ0) is 26.0. The van der Waals surface area contributed by atoms with Gasteiger partial charge in [0.15, 0.2) is 0 Å². The highest BCUT2D eigenvalue weighted by Crippen LogP contribution is 2.34. The van der Waals surface area contributed by atoms with Crippen molar-refractivity contribution in [3.8, 4) is 5.75 Å². The highest BCUT2D eigenvalue weighted by Gasteiger charge is 2.25. The summed E-state index contributed by atoms with van der Waals surface area (Å²) in [6, 6.07) is 23.3. The number of hydrogen-bond donors (Lipinski definition) is 2. The van der Waals surface area contributed by atoms with Crippen molar-refractivity contribution in [1.82, 2.24) is 5.32 Å². The van der Waals surface area contributed by atoms with Crippen LogP contribution in [0.5, 0.6) is 5.75 Å². The van der Waals surface area contributed by atoms with E-state index in [0.717, 1.165) is 42.1 Å². The van der Waals surface area contributed by atoms with Gasteiger partial charge in [-0.2, -0.15) is 0 Å². The molecule has 4 rings (SSSR count). The normalized spacial score (nSPS) is 15.3. The quantitative estimate of drug-likeness (QED) is 0.257. The molecule has 3 aromatic rings. The molecule has 0 spiro atoms. The summed E-state index contributed by atoms with van der Waals surface area (Å²) < 4.78 is 5.78. The Morgan fingerprint density at radius 2 is 1.73 bits per heavy atom. The number of piperidine rings is 1. The number of ether oxygens (including phenoxy) is 1. The molecule has 0 radical (unpaired) electrons. The molecule has 1 fully saturated rings. The number of aliphatic carboxylic acids is 1. The Hall–Kier alpha value is -3.90.